The Hall–Kier alpha value is -3.87. The molecule has 0 spiro atoms. The number of aromatic nitrogens is 1. The highest BCUT2D eigenvalue weighted by molar-refractivity contribution is 5.98. The quantitative estimate of drug-likeness (QED) is 0.562. The van der Waals surface area contributed by atoms with E-state index in [-0.39, 0.29) is 5.91 Å². The van der Waals surface area contributed by atoms with Crippen molar-refractivity contribution >= 4 is 17.4 Å². The summed E-state index contributed by atoms with van der Waals surface area (Å²) in [6, 6.07) is 17.1. The zero-order chi connectivity index (χ0) is 22.3. The molecule has 0 fully saturated rings. The van der Waals surface area contributed by atoms with Crippen LogP contribution in [-0.4, -0.2) is 36.9 Å². The van der Waals surface area contributed by atoms with E-state index in [0.29, 0.717) is 35.8 Å². The van der Waals surface area contributed by atoms with Crippen molar-refractivity contribution in [2.24, 2.45) is 4.99 Å². The first-order chi connectivity index (χ1) is 15.6. The zero-order valence-electron chi connectivity index (χ0n) is 18.2. The Morgan fingerprint density at radius 1 is 1.12 bits per heavy atom. The van der Waals surface area contributed by atoms with Crippen molar-refractivity contribution in [1.29, 1.82) is 0 Å². The molecule has 0 aliphatic carbocycles. The molecule has 164 valence electrons. The zero-order valence-corrected chi connectivity index (χ0v) is 18.2. The molecule has 0 saturated heterocycles. The number of anilines is 1. The number of methoxy groups -OCH3 is 1. The SMILES string of the molecule is COc1ccc(C)cc1NC(=O)CCc1cccc(Oc2ccnc(C3=NCCN3)c2)c1. The van der Waals surface area contributed by atoms with Gasteiger partial charge in [-0.25, -0.2) is 0 Å². The van der Waals surface area contributed by atoms with Gasteiger partial charge in [0.05, 0.1) is 19.3 Å². The van der Waals surface area contributed by atoms with Gasteiger partial charge in [-0.15, -0.1) is 0 Å². The summed E-state index contributed by atoms with van der Waals surface area (Å²) < 4.78 is 11.4. The minimum atomic E-state index is -0.0659. The van der Waals surface area contributed by atoms with Crippen LogP contribution < -0.4 is 20.1 Å². The molecule has 0 unspecified atom stereocenters. The summed E-state index contributed by atoms with van der Waals surface area (Å²) in [7, 11) is 1.59. The third-order valence-corrected chi connectivity index (χ3v) is 5.05. The molecule has 32 heavy (non-hydrogen) atoms. The molecule has 1 aromatic heterocycles. The molecule has 1 aliphatic rings. The van der Waals surface area contributed by atoms with Gasteiger partial charge in [-0.1, -0.05) is 18.2 Å². The summed E-state index contributed by atoms with van der Waals surface area (Å²) >= 11 is 0. The van der Waals surface area contributed by atoms with E-state index in [0.717, 1.165) is 35.7 Å². The molecule has 1 aliphatic heterocycles. The van der Waals surface area contributed by atoms with E-state index in [4.69, 9.17) is 9.47 Å². The Morgan fingerprint density at radius 2 is 2.00 bits per heavy atom. The maximum Gasteiger partial charge on any atom is 0.224 e. The molecule has 0 saturated carbocycles. The fraction of sp³-hybridized carbons (Fsp3) is 0.240. The van der Waals surface area contributed by atoms with Crippen LogP contribution in [0.5, 0.6) is 17.2 Å². The van der Waals surface area contributed by atoms with Crippen molar-refractivity contribution in [1.82, 2.24) is 10.3 Å². The molecule has 7 nitrogen and oxygen atoms in total. The Labute approximate surface area is 187 Å². The van der Waals surface area contributed by atoms with Crippen LogP contribution in [0.3, 0.4) is 0 Å². The number of hydrogen-bond donors (Lipinski definition) is 2. The number of benzene rings is 2. The predicted molar refractivity (Wildman–Crippen MR) is 125 cm³/mol. The molecule has 4 rings (SSSR count). The van der Waals surface area contributed by atoms with Crippen molar-refractivity contribution in [3.63, 3.8) is 0 Å². The van der Waals surface area contributed by atoms with Gasteiger partial charge in [0.25, 0.3) is 0 Å². The van der Waals surface area contributed by atoms with E-state index in [1.54, 1.807) is 13.3 Å². The van der Waals surface area contributed by atoms with Gasteiger partial charge in [0, 0.05) is 25.2 Å². The minimum absolute atomic E-state index is 0.0659. The van der Waals surface area contributed by atoms with Crippen LogP contribution in [0.1, 0.15) is 23.2 Å². The highest BCUT2D eigenvalue weighted by Crippen LogP contribution is 2.26. The van der Waals surface area contributed by atoms with E-state index in [1.165, 1.54) is 0 Å². The molecule has 3 aromatic rings. The van der Waals surface area contributed by atoms with Crippen molar-refractivity contribution in [2.45, 2.75) is 19.8 Å². The van der Waals surface area contributed by atoms with Crippen LogP contribution in [0.25, 0.3) is 0 Å². The molecule has 2 heterocycles. The molecule has 1 amide bonds. The highest BCUT2D eigenvalue weighted by atomic mass is 16.5. The van der Waals surface area contributed by atoms with E-state index in [9.17, 15) is 4.79 Å². The largest absolute Gasteiger partial charge is 0.495 e. The van der Waals surface area contributed by atoms with Crippen LogP contribution in [0.4, 0.5) is 5.69 Å². The van der Waals surface area contributed by atoms with E-state index >= 15 is 0 Å². The summed E-state index contributed by atoms with van der Waals surface area (Å²) in [5, 5.41) is 6.15. The average Bonchev–Trinajstić information content (AvgIpc) is 3.34. The first-order valence-electron chi connectivity index (χ1n) is 10.6. The lowest BCUT2D eigenvalue weighted by atomic mass is 10.1. The molecule has 0 bridgehead atoms. The number of nitrogens with one attached hydrogen (secondary N) is 2. The van der Waals surface area contributed by atoms with Crippen LogP contribution in [0.2, 0.25) is 0 Å². The molecule has 0 atom stereocenters. The lowest BCUT2D eigenvalue weighted by molar-refractivity contribution is -0.116. The van der Waals surface area contributed by atoms with Gasteiger partial charge in [-0.2, -0.15) is 0 Å². The van der Waals surface area contributed by atoms with Gasteiger partial charge in [0.1, 0.15) is 28.8 Å². The number of amides is 1. The smallest absolute Gasteiger partial charge is 0.224 e. The summed E-state index contributed by atoms with van der Waals surface area (Å²) in [4.78, 5) is 21.2. The van der Waals surface area contributed by atoms with Gasteiger partial charge in [0.15, 0.2) is 0 Å². The number of nitrogens with zero attached hydrogens (tertiary/aromatic N) is 2. The maximum atomic E-state index is 12.5. The Balaban J connectivity index is 1.37. The normalized spacial score (nSPS) is 12.6. The molecule has 2 aromatic carbocycles. The van der Waals surface area contributed by atoms with Crippen molar-refractivity contribution in [3.8, 4) is 17.2 Å². The third kappa shape index (κ3) is 5.43. The average molecular weight is 431 g/mol. The first kappa shape index (κ1) is 21.4. The molecular weight excluding hydrogens is 404 g/mol. The molecule has 7 heteroatoms. The van der Waals surface area contributed by atoms with Gasteiger partial charge >= 0.3 is 0 Å². The van der Waals surface area contributed by atoms with Crippen LogP contribution in [-0.2, 0) is 11.2 Å². The summed E-state index contributed by atoms with van der Waals surface area (Å²) in [6.45, 7) is 3.56. The maximum absolute atomic E-state index is 12.5. The molecular formula is C25H26N4O3. The van der Waals surface area contributed by atoms with Gasteiger partial charge in [-0.3, -0.25) is 14.8 Å². The van der Waals surface area contributed by atoms with E-state index in [1.807, 2.05) is 61.5 Å². The van der Waals surface area contributed by atoms with Crippen LogP contribution in [0, 0.1) is 6.92 Å². The second kappa shape index (κ2) is 9.96. The predicted octanol–water partition coefficient (Wildman–Crippen LogP) is 4.11. The summed E-state index contributed by atoms with van der Waals surface area (Å²) in [5.74, 6) is 2.77. The highest BCUT2D eigenvalue weighted by Gasteiger charge is 2.11. The molecule has 2 N–H and O–H groups in total. The van der Waals surface area contributed by atoms with E-state index in [2.05, 4.69) is 20.6 Å². The Kier molecular flexibility index (Phi) is 6.65. The van der Waals surface area contributed by atoms with Gasteiger partial charge in [-0.05, 0) is 54.8 Å². The Morgan fingerprint density at radius 3 is 2.81 bits per heavy atom. The standard InChI is InChI=1S/C25H26N4O3/c1-17-6-8-23(31-2)21(14-17)29-24(30)9-7-18-4-3-5-19(15-18)32-20-10-11-26-22(16-20)25-27-12-13-28-25/h3-6,8,10-11,14-16H,7,9,12-13H2,1-2H3,(H,27,28)(H,29,30). The van der Waals surface area contributed by atoms with Crippen LogP contribution >= 0.6 is 0 Å². The van der Waals surface area contributed by atoms with Crippen LogP contribution in [0.15, 0.2) is 65.8 Å². The number of rotatable bonds is 8. The lowest BCUT2D eigenvalue weighted by Gasteiger charge is -2.11. The minimum Gasteiger partial charge on any atom is -0.495 e. The number of aliphatic imine (C=N–C) groups is 1. The summed E-state index contributed by atoms with van der Waals surface area (Å²) in [6.07, 6.45) is 2.66. The first-order valence-corrected chi connectivity index (χ1v) is 10.6. The number of pyridine rings is 1. The number of aryl methyl sites for hydroxylation is 2. The number of carbonyl (C=O) groups is 1. The van der Waals surface area contributed by atoms with Crippen molar-refractivity contribution in [2.75, 3.05) is 25.5 Å². The fourth-order valence-corrected chi connectivity index (χ4v) is 3.46. The van der Waals surface area contributed by atoms with Crippen molar-refractivity contribution in [3.05, 3.63) is 77.6 Å². The van der Waals surface area contributed by atoms with Gasteiger partial charge < -0.3 is 20.1 Å². The Bertz CT molecular complexity index is 1140. The third-order valence-electron chi connectivity index (χ3n) is 5.05. The number of ether oxygens (including phenoxy) is 2. The number of carbonyl (C=O) groups excluding carboxylic acids is 1. The lowest BCUT2D eigenvalue weighted by Crippen LogP contribution is -2.20. The van der Waals surface area contributed by atoms with Gasteiger partial charge in [0.2, 0.25) is 5.91 Å². The summed E-state index contributed by atoms with van der Waals surface area (Å²) in [5.41, 5.74) is 3.52. The number of amidine groups is 1. The second-order valence-electron chi connectivity index (χ2n) is 7.54. The van der Waals surface area contributed by atoms with E-state index < -0.39 is 0 Å². The van der Waals surface area contributed by atoms with Crippen molar-refractivity contribution < 1.29 is 14.3 Å². The fourth-order valence-electron chi connectivity index (χ4n) is 3.46. The number of hydrogen-bond acceptors (Lipinski definition) is 6. The second-order valence-corrected chi connectivity index (χ2v) is 7.54. The monoisotopic (exact) mass is 430 g/mol. The topological polar surface area (TPSA) is 84.8 Å². The molecule has 0 radical (unpaired) electrons.